The average Bonchev–Trinajstić information content (AvgIpc) is 2.41. The third kappa shape index (κ3) is 3.94. The van der Waals surface area contributed by atoms with Crippen LogP contribution in [0, 0.1) is 8.99 Å². The molecule has 0 atom stereocenters. The predicted molar refractivity (Wildman–Crippen MR) is 84.2 cm³/mol. The molecule has 0 aliphatic rings. The van der Waals surface area contributed by atoms with Crippen LogP contribution in [0.1, 0.15) is 26.3 Å². The molecule has 0 heterocycles. The van der Waals surface area contributed by atoms with Crippen molar-refractivity contribution in [2.75, 3.05) is 13.2 Å². The fourth-order valence-electron chi connectivity index (χ4n) is 1.83. The molecule has 0 fully saturated rings. The highest BCUT2D eigenvalue weighted by Gasteiger charge is 2.44. The molecule has 1 aromatic carbocycles. The smallest absolute Gasteiger partial charge is 0.323 e. The second-order valence-corrected chi connectivity index (χ2v) is 5.70. The summed E-state index contributed by atoms with van der Waals surface area (Å²) in [6.45, 7) is 5.48. The molecule has 0 spiro atoms. The van der Waals surface area contributed by atoms with Crippen molar-refractivity contribution in [3.8, 4) is 0 Å². The summed E-state index contributed by atoms with van der Waals surface area (Å²) in [6.07, 6.45) is 0.268. The van der Waals surface area contributed by atoms with Crippen LogP contribution in [0.5, 0.6) is 0 Å². The van der Waals surface area contributed by atoms with E-state index < -0.39 is 17.4 Å². The van der Waals surface area contributed by atoms with E-state index in [4.69, 9.17) is 9.47 Å². The Hall–Kier alpha value is -1.11. The van der Waals surface area contributed by atoms with Crippen LogP contribution in [0.3, 0.4) is 0 Å². The monoisotopic (exact) mass is 390 g/mol. The zero-order chi connectivity index (χ0) is 15.2. The summed E-state index contributed by atoms with van der Waals surface area (Å²) in [5.74, 6) is -1.09. The molecule has 0 unspecified atom stereocenters. The molecule has 1 rings (SSSR count). The zero-order valence-electron chi connectivity index (χ0n) is 11.9. The van der Waals surface area contributed by atoms with Gasteiger partial charge in [0.1, 0.15) is 0 Å². The molecule has 0 aliphatic heterocycles. The molecule has 5 heteroatoms. The Morgan fingerprint density at radius 2 is 1.60 bits per heavy atom. The van der Waals surface area contributed by atoms with E-state index in [1.54, 1.807) is 20.8 Å². The molecular formula is C15H19IO4. The minimum Gasteiger partial charge on any atom is -0.465 e. The van der Waals surface area contributed by atoms with Gasteiger partial charge in [0, 0.05) is 3.57 Å². The van der Waals surface area contributed by atoms with Gasteiger partial charge < -0.3 is 9.47 Å². The average molecular weight is 390 g/mol. The first kappa shape index (κ1) is 16.9. The Morgan fingerprint density at radius 1 is 1.10 bits per heavy atom. The molecule has 0 N–H and O–H groups in total. The van der Waals surface area contributed by atoms with Gasteiger partial charge in [0.15, 0.2) is 5.41 Å². The van der Waals surface area contributed by atoms with Crippen LogP contribution < -0.4 is 0 Å². The van der Waals surface area contributed by atoms with Gasteiger partial charge in [-0.1, -0.05) is 18.2 Å². The summed E-state index contributed by atoms with van der Waals surface area (Å²) in [5.41, 5.74) is -0.385. The maximum absolute atomic E-state index is 12.2. The minimum atomic E-state index is -1.31. The van der Waals surface area contributed by atoms with Gasteiger partial charge in [0.25, 0.3) is 0 Å². The van der Waals surface area contributed by atoms with Crippen molar-refractivity contribution in [3.63, 3.8) is 0 Å². The van der Waals surface area contributed by atoms with Crippen LogP contribution in [0.2, 0.25) is 0 Å². The molecule has 0 radical (unpaired) electrons. The van der Waals surface area contributed by atoms with Crippen molar-refractivity contribution < 1.29 is 19.1 Å². The zero-order valence-corrected chi connectivity index (χ0v) is 14.1. The molecule has 0 bridgehead atoms. The molecule has 0 saturated heterocycles. The van der Waals surface area contributed by atoms with Gasteiger partial charge in [-0.15, -0.1) is 0 Å². The van der Waals surface area contributed by atoms with Crippen molar-refractivity contribution in [1.29, 1.82) is 0 Å². The third-order valence-electron chi connectivity index (χ3n) is 2.95. The van der Waals surface area contributed by atoms with Gasteiger partial charge in [0.05, 0.1) is 13.2 Å². The minimum absolute atomic E-state index is 0.236. The topological polar surface area (TPSA) is 52.6 Å². The summed E-state index contributed by atoms with van der Waals surface area (Å²) in [7, 11) is 0. The molecular weight excluding hydrogens is 371 g/mol. The van der Waals surface area contributed by atoms with Crippen molar-refractivity contribution in [2.45, 2.75) is 27.2 Å². The third-order valence-corrected chi connectivity index (χ3v) is 4.01. The summed E-state index contributed by atoms with van der Waals surface area (Å²) >= 11 is 2.19. The number of hydrogen-bond donors (Lipinski definition) is 0. The number of esters is 2. The number of halogens is 1. The Morgan fingerprint density at radius 3 is 2.05 bits per heavy atom. The SMILES string of the molecule is CCOC(=O)C(C)(Cc1ccccc1I)C(=O)OCC. The lowest BCUT2D eigenvalue weighted by molar-refractivity contribution is -0.170. The first-order valence-electron chi connectivity index (χ1n) is 6.53. The van der Waals surface area contributed by atoms with E-state index in [2.05, 4.69) is 22.6 Å². The predicted octanol–water partition coefficient (Wildman–Crippen LogP) is 2.97. The Kier molecular flexibility index (Phi) is 6.45. The van der Waals surface area contributed by atoms with Crippen molar-refractivity contribution >= 4 is 34.5 Å². The van der Waals surface area contributed by atoms with Gasteiger partial charge in [-0.05, 0) is 61.4 Å². The molecule has 0 saturated carbocycles. The van der Waals surface area contributed by atoms with Crippen LogP contribution in [0.4, 0.5) is 0 Å². The maximum Gasteiger partial charge on any atom is 0.323 e. The Balaban J connectivity index is 3.08. The molecule has 0 amide bonds. The number of rotatable bonds is 6. The standard InChI is InChI=1S/C15H19IO4/c1-4-19-13(17)15(3,14(18)20-5-2)10-11-8-6-7-9-12(11)16/h6-9H,4-5,10H2,1-3H3. The Bertz CT molecular complexity index is 467. The van der Waals surface area contributed by atoms with Gasteiger partial charge in [-0.2, -0.15) is 0 Å². The lowest BCUT2D eigenvalue weighted by Gasteiger charge is -2.25. The van der Waals surface area contributed by atoms with E-state index in [-0.39, 0.29) is 19.6 Å². The van der Waals surface area contributed by atoms with Gasteiger partial charge in [0.2, 0.25) is 0 Å². The van der Waals surface area contributed by atoms with Crippen LogP contribution in [0.15, 0.2) is 24.3 Å². The normalized spacial score (nSPS) is 11.0. The summed E-state index contributed by atoms with van der Waals surface area (Å²) in [6, 6.07) is 7.64. The van der Waals surface area contributed by atoms with E-state index >= 15 is 0 Å². The van der Waals surface area contributed by atoms with Crippen molar-refractivity contribution in [3.05, 3.63) is 33.4 Å². The second kappa shape index (κ2) is 7.61. The fraction of sp³-hybridized carbons (Fsp3) is 0.467. The summed E-state index contributed by atoms with van der Waals surface area (Å²) in [4.78, 5) is 24.3. The first-order valence-corrected chi connectivity index (χ1v) is 7.61. The van der Waals surface area contributed by atoms with Gasteiger partial charge in [-0.25, -0.2) is 0 Å². The number of hydrogen-bond acceptors (Lipinski definition) is 4. The fourth-order valence-corrected chi connectivity index (χ4v) is 2.41. The number of ether oxygens (including phenoxy) is 2. The summed E-state index contributed by atoms with van der Waals surface area (Å²) < 4.78 is 11.1. The second-order valence-electron chi connectivity index (χ2n) is 4.54. The number of carbonyl (C=O) groups excluding carboxylic acids is 2. The molecule has 20 heavy (non-hydrogen) atoms. The summed E-state index contributed by atoms with van der Waals surface area (Å²) in [5, 5.41) is 0. The number of benzene rings is 1. The molecule has 0 aliphatic carbocycles. The van der Waals surface area contributed by atoms with Gasteiger partial charge >= 0.3 is 11.9 Å². The quantitative estimate of drug-likeness (QED) is 0.426. The first-order chi connectivity index (χ1) is 9.45. The van der Waals surface area contributed by atoms with E-state index in [1.807, 2.05) is 24.3 Å². The highest BCUT2D eigenvalue weighted by Crippen LogP contribution is 2.28. The van der Waals surface area contributed by atoms with Crippen LogP contribution in [-0.2, 0) is 25.5 Å². The number of carbonyl (C=O) groups is 2. The lowest BCUT2D eigenvalue weighted by Crippen LogP contribution is -2.41. The molecule has 4 nitrogen and oxygen atoms in total. The highest BCUT2D eigenvalue weighted by atomic mass is 127. The van der Waals surface area contributed by atoms with Crippen molar-refractivity contribution in [1.82, 2.24) is 0 Å². The molecule has 110 valence electrons. The molecule has 0 aromatic heterocycles. The van der Waals surface area contributed by atoms with E-state index in [1.165, 1.54) is 0 Å². The Labute approximate surface area is 133 Å². The van der Waals surface area contributed by atoms with Crippen molar-refractivity contribution in [2.24, 2.45) is 5.41 Å². The molecule has 1 aromatic rings. The highest BCUT2D eigenvalue weighted by molar-refractivity contribution is 14.1. The van der Waals surface area contributed by atoms with Crippen LogP contribution in [-0.4, -0.2) is 25.2 Å². The van der Waals surface area contributed by atoms with E-state index in [0.717, 1.165) is 9.13 Å². The maximum atomic E-state index is 12.2. The van der Waals surface area contributed by atoms with Crippen LogP contribution in [0.25, 0.3) is 0 Å². The van der Waals surface area contributed by atoms with Crippen LogP contribution >= 0.6 is 22.6 Å². The largest absolute Gasteiger partial charge is 0.465 e. The van der Waals surface area contributed by atoms with E-state index in [0.29, 0.717) is 0 Å². The van der Waals surface area contributed by atoms with E-state index in [9.17, 15) is 9.59 Å². The van der Waals surface area contributed by atoms with Gasteiger partial charge in [-0.3, -0.25) is 9.59 Å². The lowest BCUT2D eigenvalue weighted by atomic mass is 9.83.